The maximum atomic E-state index is 5.23. The number of hydrogen-bond donors (Lipinski definition) is 0. The predicted octanol–water partition coefficient (Wildman–Crippen LogP) is 13.2. The van der Waals surface area contributed by atoms with Crippen LogP contribution in [0.25, 0.3) is 89.8 Å². The molecule has 0 aliphatic rings. The second-order valence-corrected chi connectivity index (χ2v) is 13.3. The fraction of sp³-hybridized carbons (Fsp3) is 0. The molecule has 3 nitrogen and oxygen atoms in total. The molecule has 9 rings (SSSR count). The first kappa shape index (κ1) is 32.7. The third kappa shape index (κ3) is 6.87. The van der Waals surface area contributed by atoms with Gasteiger partial charge in [0.05, 0.1) is 0 Å². The van der Waals surface area contributed by atoms with Crippen LogP contribution in [0.5, 0.6) is 0 Å². The van der Waals surface area contributed by atoms with Gasteiger partial charge in [-0.15, -0.1) is 0 Å². The van der Waals surface area contributed by atoms with Crippen LogP contribution in [0.4, 0.5) is 0 Å². The molecular weight excluding hydrogens is 655 g/mol. The topological polar surface area (TPSA) is 38.7 Å². The molecule has 3 heteroatoms. The molecule has 254 valence electrons. The quantitative estimate of drug-likeness (QED) is 0.159. The molecule has 0 fully saturated rings. The summed E-state index contributed by atoms with van der Waals surface area (Å²) in [5, 5.41) is 0. The number of hydrogen-bond acceptors (Lipinski definition) is 3. The van der Waals surface area contributed by atoms with Crippen LogP contribution in [-0.4, -0.2) is 15.0 Å². The average Bonchev–Trinajstić information content (AvgIpc) is 3.27. The number of nitrogens with zero attached hydrogens (tertiary/aromatic N) is 3. The van der Waals surface area contributed by atoms with Gasteiger partial charge < -0.3 is 0 Å². The molecule has 0 radical (unpaired) electrons. The zero-order valence-corrected chi connectivity index (χ0v) is 29.5. The summed E-state index contributed by atoms with van der Waals surface area (Å²) in [6, 6.07) is 74.1. The van der Waals surface area contributed by atoms with Crippen molar-refractivity contribution in [2.24, 2.45) is 0 Å². The van der Waals surface area contributed by atoms with E-state index >= 15 is 0 Å². The summed E-state index contributed by atoms with van der Waals surface area (Å²) in [6.45, 7) is 0. The lowest BCUT2D eigenvalue weighted by Gasteiger charge is -2.14. The van der Waals surface area contributed by atoms with Gasteiger partial charge in [-0.3, -0.25) is 0 Å². The Bertz CT molecular complexity index is 2670. The summed E-state index contributed by atoms with van der Waals surface area (Å²) in [4.78, 5) is 15.6. The largest absolute Gasteiger partial charge is 0.208 e. The van der Waals surface area contributed by atoms with Crippen molar-refractivity contribution in [3.05, 3.63) is 212 Å². The molecule has 1 aromatic heterocycles. The van der Waals surface area contributed by atoms with Crippen molar-refractivity contribution in [3.8, 4) is 89.8 Å². The molecule has 0 N–H and O–H groups in total. The molecule has 0 unspecified atom stereocenters. The third-order valence-electron chi connectivity index (χ3n) is 9.76. The Morgan fingerprint density at radius 1 is 0.185 bits per heavy atom. The maximum absolute atomic E-state index is 5.23. The highest BCUT2D eigenvalue weighted by atomic mass is 15.0. The highest BCUT2D eigenvalue weighted by Crippen LogP contribution is 2.37. The van der Waals surface area contributed by atoms with Crippen molar-refractivity contribution in [2.45, 2.75) is 0 Å². The van der Waals surface area contributed by atoms with Gasteiger partial charge in [-0.1, -0.05) is 188 Å². The first-order valence-electron chi connectivity index (χ1n) is 18.2. The van der Waals surface area contributed by atoms with E-state index in [1.807, 2.05) is 24.3 Å². The van der Waals surface area contributed by atoms with Crippen molar-refractivity contribution in [1.82, 2.24) is 15.0 Å². The minimum absolute atomic E-state index is 0.619. The van der Waals surface area contributed by atoms with Gasteiger partial charge in [-0.25, -0.2) is 15.0 Å². The molecule has 0 aliphatic heterocycles. The molecule has 0 spiro atoms. The van der Waals surface area contributed by atoms with Crippen molar-refractivity contribution in [1.29, 1.82) is 0 Å². The number of rotatable bonds is 8. The fourth-order valence-corrected chi connectivity index (χ4v) is 6.95. The Balaban J connectivity index is 1.19. The smallest absolute Gasteiger partial charge is 0.164 e. The van der Waals surface area contributed by atoms with Gasteiger partial charge in [0.15, 0.2) is 17.5 Å². The van der Waals surface area contributed by atoms with Crippen molar-refractivity contribution < 1.29 is 0 Å². The monoisotopic (exact) mass is 689 g/mol. The van der Waals surface area contributed by atoms with Gasteiger partial charge in [0.2, 0.25) is 0 Å². The summed E-state index contributed by atoms with van der Waals surface area (Å²) in [5.74, 6) is 1.86. The van der Waals surface area contributed by atoms with E-state index in [0.29, 0.717) is 17.5 Å². The molecule has 0 atom stereocenters. The normalized spacial score (nSPS) is 11.0. The van der Waals surface area contributed by atoms with E-state index in [4.69, 9.17) is 15.0 Å². The van der Waals surface area contributed by atoms with E-state index in [-0.39, 0.29) is 0 Å². The van der Waals surface area contributed by atoms with Crippen molar-refractivity contribution in [2.75, 3.05) is 0 Å². The second-order valence-electron chi connectivity index (χ2n) is 13.3. The van der Waals surface area contributed by atoms with E-state index in [2.05, 4.69) is 188 Å². The van der Waals surface area contributed by atoms with Gasteiger partial charge >= 0.3 is 0 Å². The summed E-state index contributed by atoms with van der Waals surface area (Å²) >= 11 is 0. The lowest BCUT2D eigenvalue weighted by Crippen LogP contribution is -2.01. The van der Waals surface area contributed by atoms with Crippen LogP contribution in [0.3, 0.4) is 0 Å². The molecule has 0 saturated heterocycles. The van der Waals surface area contributed by atoms with E-state index < -0.39 is 0 Å². The Hall–Kier alpha value is -7.23. The zero-order valence-electron chi connectivity index (χ0n) is 29.5. The lowest BCUT2D eigenvalue weighted by molar-refractivity contribution is 1.07. The Labute approximate surface area is 316 Å². The van der Waals surface area contributed by atoms with Gasteiger partial charge in [0.1, 0.15) is 0 Å². The summed E-state index contributed by atoms with van der Waals surface area (Å²) < 4.78 is 0. The summed E-state index contributed by atoms with van der Waals surface area (Å²) in [5.41, 5.74) is 14.1. The minimum Gasteiger partial charge on any atom is -0.208 e. The van der Waals surface area contributed by atoms with Crippen LogP contribution in [0.15, 0.2) is 212 Å². The maximum Gasteiger partial charge on any atom is 0.164 e. The standard InChI is InChI=1S/C51H35N3/c1-5-15-36(16-6-1)39-27-29-40(30-28-39)43-24-14-26-46(34-43)50-52-49(45-25-13-23-42(33-45)37-17-7-2-8-18-37)53-51(54-50)47-32-31-44(38-19-9-3-10-20-38)35-48(47)41-21-11-4-12-22-41/h1-35H. The third-order valence-corrected chi connectivity index (χ3v) is 9.76. The van der Waals surface area contributed by atoms with Crippen LogP contribution in [0.1, 0.15) is 0 Å². The molecule has 1 heterocycles. The van der Waals surface area contributed by atoms with E-state index in [0.717, 1.165) is 61.2 Å². The van der Waals surface area contributed by atoms with Crippen LogP contribution < -0.4 is 0 Å². The summed E-state index contributed by atoms with van der Waals surface area (Å²) in [6.07, 6.45) is 0. The molecule has 54 heavy (non-hydrogen) atoms. The van der Waals surface area contributed by atoms with E-state index in [1.54, 1.807) is 0 Å². The highest BCUT2D eigenvalue weighted by molar-refractivity contribution is 5.86. The first-order chi connectivity index (χ1) is 26.7. The van der Waals surface area contributed by atoms with Gasteiger partial charge in [-0.2, -0.15) is 0 Å². The molecule has 0 saturated carbocycles. The number of aromatic nitrogens is 3. The van der Waals surface area contributed by atoms with E-state index in [1.165, 1.54) is 11.1 Å². The van der Waals surface area contributed by atoms with Gasteiger partial charge in [0.25, 0.3) is 0 Å². The zero-order chi connectivity index (χ0) is 36.1. The SMILES string of the molecule is c1ccc(-c2ccc(-c3cccc(-c4nc(-c5cccc(-c6ccccc6)c5)nc(-c5ccc(-c6ccccc6)cc5-c5ccccc5)n4)c3)cc2)cc1. The van der Waals surface area contributed by atoms with Gasteiger partial charge in [-0.05, 0) is 79.9 Å². The Morgan fingerprint density at radius 3 is 0.981 bits per heavy atom. The molecule has 0 amide bonds. The Morgan fingerprint density at radius 2 is 0.500 bits per heavy atom. The molecule has 0 aliphatic carbocycles. The van der Waals surface area contributed by atoms with E-state index in [9.17, 15) is 0 Å². The van der Waals surface area contributed by atoms with Crippen molar-refractivity contribution >= 4 is 0 Å². The second kappa shape index (κ2) is 14.8. The molecule has 8 aromatic carbocycles. The van der Waals surface area contributed by atoms with Crippen LogP contribution in [0.2, 0.25) is 0 Å². The van der Waals surface area contributed by atoms with Gasteiger partial charge in [0, 0.05) is 16.7 Å². The number of benzene rings is 8. The molecule has 9 aromatic rings. The first-order valence-corrected chi connectivity index (χ1v) is 18.2. The summed E-state index contributed by atoms with van der Waals surface area (Å²) in [7, 11) is 0. The molecule has 0 bridgehead atoms. The van der Waals surface area contributed by atoms with Crippen LogP contribution in [0, 0.1) is 0 Å². The van der Waals surface area contributed by atoms with Crippen LogP contribution in [-0.2, 0) is 0 Å². The lowest BCUT2D eigenvalue weighted by atomic mass is 9.94. The highest BCUT2D eigenvalue weighted by Gasteiger charge is 2.18. The van der Waals surface area contributed by atoms with Crippen LogP contribution >= 0.6 is 0 Å². The average molecular weight is 690 g/mol. The minimum atomic E-state index is 0.619. The van der Waals surface area contributed by atoms with Crippen molar-refractivity contribution in [3.63, 3.8) is 0 Å². The fourth-order valence-electron chi connectivity index (χ4n) is 6.95. The molecular formula is C51H35N3. The predicted molar refractivity (Wildman–Crippen MR) is 223 cm³/mol. The Kier molecular flexibility index (Phi) is 8.94.